The number of carbonyl (C=O) groups is 2. The van der Waals surface area contributed by atoms with Crippen LogP contribution in [0.4, 0.5) is 4.39 Å². The molecule has 2 aromatic carbocycles. The number of nitrogens with zero attached hydrogens (tertiary/aromatic N) is 1. The van der Waals surface area contributed by atoms with Crippen LogP contribution >= 0.6 is 0 Å². The summed E-state index contributed by atoms with van der Waals surface area (Å²) in [6.07, 6.45) is 2.70. The van der Waals surface area contributed by atoms with E-state index >= 15 is 0 Å². The standard InChI is InChI=1S/C24H27FN2O2/c1-16-14-20(16)22(28)27-12-10-24(11-13-27,23(26)29)15-17-6-8-18(9-7-17)19-4-2-3-5-21(19)25/h2-9,16,20H,10-15H2,1H3,(H2,26,29)/t16-,20+/m1/s1. The topological polar surface area (TPSA) is 63.4 Å². The molecule has 1 saturated heterocycles. The number of primary amides is 1. The molecule has 2 amide bonds. The molecule has 0 aromatic heterocycles. The Morgan fingerprint density at radius 3 is 2.28 bits per heavy atom. The summed E-state index contributed by atoms with van der Waals surface area (Å²) in [6.45, 7) is 3.27. The van der Waals surface area contributed by atoms with E-state index < -0.39 is 5.41 Å². The van der Waals surface area contributed by atoms with Crippen LogP contribution in [0.15, 0.2) is 48.5 Å². The number of nitrogens with two attached hydrogens (primary N) is 1. The van der Waals surface area contributed by atoms with Crippen molar-refractivity contribution in [1.29, 1.82) is 0 Å². The largest absolute Gasteiger partial charge is 0.369 e. The van der Waals surface area contributed by atoms with Gasteiger partial charge < -0.3 is 10.6 Å². The zero-order chi connectivity index (χ0) is 20.6. The lowest BCUT2D eigenvalue weighted by atomic mass is 9.73. The van der Waals surface area contributed by atoms with Gasteiger partial charge in [-0.1, -0.05) is 49.4 Å². The fourth-order valence-electron chi connectivity index (χ4n) is 4.45. The van der Waals surface area contributed by atoms with Gasteiger partial charge in [-0.2, -0.15) is 0 Å². The number of hydrogen-bond donors (Lipinski definition) is 1. The van der Waals surface area contributed by atoms with Crippen LogP contribution < -0.4 is 5.73 Å². The molecule has 1 aliphatic carbocycles. The van der Waals surface area contributed by atoms with Crippen molar-refractivity contribution >= 4 is 11.8 Å². The monoisotopic (exact) mass is 394 g/mol. The van der Waals surface area contributed by atoms with Crippen LogP contribution in [0.3, 0.4) is 0 Å². The molecule has 0 unspecified atom stereocenters. The van der Waals surface area contributed by atoms with E-state index in [4.69, 9.17) is 5.73 Å². The second-order valence-corrected chi connectivity index (χ2v) is 8.64. The summed E-state index contributed by atoms with van der Waals surface area (Å²) in [5.74, 6) is 0.323. The van der Waals surface area contributed by atoms with Crippen LogP contribution in [0, 0.1) is 23.1 Å². The Morgan fingerprint density at radius 1 is 1.10 bits per heavy atom. The first kappa shape index (κ1) is 19.6. The van der Waals surface area contributed by atoms with E-state index in [1.54, 1.807) is 12.1 Å². The fourth-order valence-corrected chi connectivity index (χ4v) is 4.45. The molecule has 2 aliphatic rings. The molecule has 0 bridgehead atoms. The Morgan fingerprint density at radius 2 is 1.72 bits per heavy atom. The summed E-state index contributed by atoms with van der Waals surface area (Å²) in [6, 6.07) is 14.3. The lowest BCUT2D eigenvalue weighted by Gasteiger charge is -2.40. The van der Waals surface area contributed by atoms with Gasteiger partial charge in [0, 0.05) is 24.6 Å². The molecule has 4 rings (SSSR count). The Balaban J connectivity index is 1.46. The molecule has 2 aromatic rings. The van der Waals surface area contributed by atoms with Crippen molar-refractivity contribution in [1.82, 2.24) is 4.90 Å². The second kappa shape index (κ2) is 7.62. The summed E-state index contributed by atoms with van der Waals surface area (Å²) in [4.78, 5) is 26.7. The number of hydrogen-bond acceptors (Lipinski definition) is 2. The van der Waals surface area contributed by atoms with Gasteiger partial charge in [-0.05, 0) is 48.8 Å². The van der Waals surface area contributed by atoms with Crippen molar-refractivity contribution in [2.45, 2.75) is 32.6 Å². The first-order chi connectivity index (χ1) is 13.9. The Kier molecular flexibility index (Phi) is 5.15. The third-order valence-electron chi connectivity index (χ3n) is 6.66. The molecule has 2 atom stereocenters. The van der Waals surface area contributed by atoms with E-state index in [1.165, 1.54) is 6.07 Å². The van der Waals surface area contributed by atoms with Crippen molar-refractivity contribution in [2.24, 2.45) is 23.0 Å². The molecule has 29 heavy (non-hydrogen) atoms. The zero-order valence-electron chi connectivity index (χ0n) is 16.7. The maximum atomic E-state index is 14.0. The third-order valence-corrected chi connectivity index (χ3v) is 6.66. The molecule has 1 saturated carbocycles. The van der Waals surface area contributed by atoms with E-state index in [9.17, 15) is 14.0 Å². The molecule has 0 radical (unpaired) electrons. The average molecular weight is 394 g/mol. The van der Waals surface area contributed by atoms with E-state index in [1.807, 2.05) is 35.2 Å². The summed E-state index contributed by atoms with van der Waals surface area (Å²) < 4.78 is 14.0. The maximum absolute atomic E-state index is 14.0. The van der Waals surface area contributed by atoms with Gasteiger partial charge in [0.05, 0.1) is 5.41 Å². The normalized spacial score (nSPS) is 22.9. The average Bonchev–Trinajstić information content (AvgIpc) is 3.45. The number of amides is 2. The first-order valence-corrected chi connectivity index (χ1v) is 10.3. The van der Waals surface area contributed by atoms with Gasteiger partial charge in [-0.3, -0.25) is 9.59 Å². The minimum absolute atomic E-state index is 0.169. The fraction of sp³-hybridized carbons (Fsp3) is 0.417. The lowest BCUT2D eigenvalue weighted by molar-refractivity contribution is -0.140. The van der Waals surface area contributed by atoms with Crippen molar-refractivity contribution in [3.05, 3.63) is 59.9 Å². The lowest BCUT2D eigenvalue weighted by Crippen LogP contribution is -2.50. The van der Waals surface area contributed by atoms with Gasteiger partial charge in [0.15, 0.2) is 0 Å². The molecule has 1 heterocycles. The number of likely N-dealkylation sites (tertiary alicyclic amines) is 1. The van der Waals surface area contributed by atoms with Gasteiger partial charge in [-0.25, -0.2) is 4.39 Å². The minimum atomic E-state index is -0.633. The van der Waals surface area contributed by atoms with E-state index in [2.05, 4.69) is 6.92 Å². The molecule has 0 spiro atoms. The Labute approximate surface area is 170 Å². The molecule has 2 N–H and O–H groups in total. The summed E-state index contributed by atoms with van der Waals surface area (Å²) >= 11 is 0. The molecule has 1 aliphatic heterocycles. The molecule has 4 nitrogen and oxygen atoms in total. The number of piperidine rings is 1. The highest BCUT2D eigenvalue weighted by Gasteiger charge is 2.45. The molecule has 152 valence electrons. The predicted molar refractivity (Wildman–Crippen MR) is 110 cm³/mol. The third kappa shape index (κ3) is 3.91. The van der Waals surface area contributed by atoms with E-state index in [0.29, 0.717) is 43.8 Å². The minimum Gasteiger partial charge on any atom is -0.369 e. The van der Waals surface area contributed by atoms with Crippen LogP contribution in [0.1, 0.15) is 31.7 Å². The number of halogens is 1. The van der Waals surface area contributed by atoms with Gasteiger partial charge in [0.1, 0.15) is 5.82 Å². The maximum Gasteiger partial charge on any atom is 0.225 e. The molecular formula is C24H27FN2O2. The smallest absolute Gasteiger partial charge is 0.225 e. The van der Waals surface area contributed by atoms with Crippen LogP contribution in [0.25, 0.3) is 11.1 Å². The summed E-state index contributed by atoms with van der Waals surface area (Å²) in [7, 11) is 0. The highest BCUT2D eigenvalue weighted by molar-refractivity contribution is 5.84. The highest BCUT2D eigenvalue weighted by Crippen LogP contribution is 2.41. The van der Waals surface area contributed by atoms with Gasteiger partial charge in [0.2, 0.25) is 11.8 Å². The zero-order valence-corrected chi connectivity index (χ0v) is 16.7. The van der Waals surface area contributed by atoms with E-state index in [-0.39, 0.29) is 23.5 Å². The van der Waals surface area contributed by atoms with Crippen molar-refractivity contribution in [3.8, 4) is 11.1 Å². The summed E-state index contributed by atoms with van der Waals surface area (Å²) in [5, 5.41) is 0. The van der Waals surface area contributed by atoms with Crippen molar-refractivity contribution in [2.75, 3.05) is 13.1 Å². The SMILES string of the molecule is C[C@@H]1C[C@@H]1C(=O)N1CCC(Cc2ccc(-c3ccccc3F)cc2)(C(N)=O)CC1. The van der Waals surface area contributed by atoms with Gasteiger partial charge >= 0.3 is 0 Å². The molecular weight excluding hydrogens is 367 g/mol. The Hall–Kier alpha value is -2.69. The molecule has 2 fully saturated rings. The van der Waals surface area contributed by atoms with Crippen LogP contribution in [0.5, 0.6) is 0 Å². The predicted octanol–water partition coefficient (Wildman–Crippen LogP) is 3.79. The molecule has 5 heteroatoms. The summed E-state index contributed by atoms with van der Waals surface area (Å²) in [5.41, 5.74) is 7.55. The van der Waals surface area contributed by atoms with Crippen molar-refractivity contribution in [3.63, 3.8) is 0 Å². The van der Waals surface area contributed by atoms with Crippen LogP contribution in [-0.2, 0) is 16.0 Å². The van der Waals surface area contributed by atoms with Gasteiger partial charge in [0.25, 0.3) is 0 Å². The number of benzene rings is 2. The quantitative estimate of drug-likeness (QED) is 0.839. The number of rotatable bonds is 5. The Bertz CT molecular complexity index is 917. The van der Waals surface area contributed by atoms with Gasteiger partial charge in [-0.15, -0.1) is 0 Å². The number of carbonyl (C=O) groups excluding carboxylic acids is 2. The van der Waals surface area contributed by atoms with E-state index in [0.717, 1.165) is 17.5 Å². The second-order valence-electron chi connectivity index (χ2n) is 8.64. The van der Waals surface area contributed by atoms with Crippen LogP contribution in [0.2, 0.25) is 0 Å². The first-order valence-electron chi connectivity index (χ1n) is 10.3. The highest BCUT2D eigenvalue weighted by atomic mass is 19.1. The van der Waals surface area contributed by atoms with Crippen molar-refractivity contribution < 1.29 is 14.0 Å². The van der Waals surface area contributed by atoms with Crippen LogP contribution in [-0.4, -0.2) is 29.8 Å².